The number of rotatable bonds is 3. The molecule has 7 rings (SSSR count). The van der Waals surface area contributed by atoms with Gasteiger partial charge in [0.05, 0.1) is 18.6 Å². The number of benzene rings is 1. The van der Waals surface area contributed by atoms with Crippen LogP contribution < -0.4 is 4.74 Å². The normalized spacial score (nSPS) is 34.9. The number of hydrogen-bond acceptors (Lipinski definition) is 3. The summed E-state index contributed by atoms with van der Waals surface area (Å²) in [4.78, 5) is 17.9. The Kier molecular flexibility index (Phi) is 4.09. The number of amides is 1. The Morgan fingerprint density at radius 1 is 1.03 bits per heavy atom. The number of thiophene rings is 1. The largest absolute Gasteiger partial charge is 0.497 e. The zero-order valence-corrected chi connectivity index (χ0v) is 17.9. The van der Waals surface area contributed by atoms with Gasteiger partial charge in [-0.3, -0.25) is 4.79 Å². The summed E-state index contributed by atoms with van der Waals surface area (Å²) < 4.78 is 5.37. The minimum absolute atomic E-state index is 0.0522. The molecule has 1 amide bonds. The molecule has 0 saturated heterocycles. The predicted octanol–water partition coefficient (Wildman–Crippen LogP) is 5.45. The zero-order valence-electron chi connectivity index (χ0n) is 17.1. The third-order valence-electron chi connectivity index (χ3n) is 8.15. The SMILES string of the molecule is COc1ccc(C2c3ccsc3CCN2C(=O)C23CC4CC(CC(C4)C2)C3)cc1. The van der Waals surface area contributed by atoms with Crippen molar-refractivity contribution >= 4 is 17.2 Å². The summed E-state index contributed by atoms with van der Waals surface area (Å²) in [5.74, 6) is 3.71. The number of hydrogen-bond donors (Lipinski definition) is 0. The maximum atomic E-state index is 14.2. The summed E-state index contributed by atoms with van der Waals surface area (Å²) >= 11 is 1.84. The van der Waals surface area contributed by atoms with E-state index < -0.39 is 0 Å². The lowest BCUT2D eigenvalue weighted by atomic mass is 9.49. The van der Waals surface area contributed by atoms with Gasteiger partial charge in [-0.15, -0.1) is 11.3 Å². The van der Waals surface area contributed by atoms with Crippen molar-refractivity contribution in [2.24, 2.45) is 23.2 Å². The van der Waals surface area contributed by atoms with Crippen LogP contribution in [0, 0.1) is 23.2 Å². The Labute approximate surface area is 177 Å². The molecule has 1 aromatic heterocycles. The molecule has 1 unspecified atom stereocenters. The van der Waals surface area contributed by atoms with Crippen molar-refractivity contribution < 1.29 is 9.53 Å². The van der Waals surface area contributed by atoms with Crippen molar-refractivity contribution in [1.29, 1.82) is 0 Å². The van der Waals surface area contributed by atoms with Crippen molar-refractivity contribution in [2.75, 3.05) is 13.7 Å². The molecule has 4 bridgehead atoms. The summed E-state index contributed by atoms with van der Waals surface area (Å²) in [6.07, 6.45) is 8.55. The molecule has 1 aliphatic heterocycles. The van der Waals surface area contributed by atoms with E-state index in [-0.39, 0.29) is 11.5 Å². The van der Waals surface area contributed by atoms with E-state index in [4.69, 9.17) is 4.74 Å². The number of ether oxygens (including phenoxy) is 1. The summed E-state index contributed by atoms with van der Waals surface area (Å²) in [6, 6.07) is 10.7. The number of fused-ring (bicyclic) bond motifs is 1. The molecule has 4 heteroatoms. The first kappa shape index (κ1) is 18.0. The van der Waals surface area contributed by atoms with Crippen molar-refractivity contribution in [3.8, 4) is 5.75 Å². The van der Waals surface area contributed by atoms with Crippen LogP contribution in [-0.2, 0) is 11.2 Å². The standard InChI is InChI=1S/C25H29NO2S/c1-28-20-4-2-19(3-5-20)23-21-7-9-29-22(21)6-8-26(23)24(27)25-13-16-10-17(14-25)12-18(11-16)15-25/h2-5,7,9,16-18,23H,6,8,10-15H2,1H3. The Morgan fingerprint density at radius 2 is 1.69 bits per heavy atom. The van der Waals surface area contributed by atoms with Crippen LogP contribution in [0.4, 0.5) is 0 Å². The number of methoxy groups -OCH3 is 1. The Balaban J connectivity index is 1.38. The molecule has 4 aliphatic carbocycles. The second-order valence-corrected chi connectivity index (χ2v) is 10.9. The van der Waals surface area contributed by atoms with Crippen LogP contribution >= 0.6 is 11.3 Å². The molecule has 0 spiro atoms. The van der Waals surface area contributed by atoms with Gasteiger partial charge in [0.15, 0.2) is 0 Å². The van der Waals surface area contributed by atoms with Crippen LogP contribution in [0.5, 0.6) is 5.75 Å². The number of nitrogens with zero attached hydrogens (tertiary/aromatic N) is 1. The maximum absolute atomic E-state index is 14.2. The highest BCUT2D eigenvalue weighted by atomic mass is 32.1. The van der Waals surface area contributed by atoms with Crippen LogP contribution in [-0.4, -0.2) is 24.5 Å². The molecule has 152 valence electrons. The van der Waals surface area contributed by atoms with E-state index in [9.17, 15) is 4.79 Å². The quantitative estimate of drug-likeness (QED) is 0.677. The molecule has 3 nitrogen and oxygen atoms in total. The minimum atomic E-state index is -0.0764. The third-order valence-corrected chi connectivity index (χ3v) is 9.15. The van der Waals surface area contributed by atoms with Crippen LogP contribution in [0.25, 0.3) is 0 Å². The molecule has 0 N–H and O–H groups in total. The fraction of sp³-hybridized carbons (Fsp3) is 0.560. The van der Waals surface area contributed by atoms with Crippen molar-refractivity contribution in [3.05, 3.63) is 51.7 Å². The highest BCUT2D eigenvalue weighted by molar-refractivity contribution is 7.10. The lowest BCUT2D eigenvalue weighted by Crippen LogP contribution is -2.56. The molecule has 1 atom stereocenters. The van der Waals surface area contributed by atoms with Gasteiger partial charge in [-0.25, -0.2) is 0 Å². The monoisotopic (exact) mass is 407 g/mol. The minimum Gasteiger partial charge on any atom is -0.497 e. The number of carbonyl (C=O) groups is 1. The van der Waals surface area contributed by atoms with Crippen LogP contribution in [0.3, 0.4) is 0 Å². The maximum Gasteiger partial charge on any atom is 0.229 e. The second-order valence-electron chi connectivity index (χ2n) is 9.92. The molecule has 4 saturated carbocycles. The van der Waals surface area contributed by atoms with Crippen molar-refractivity contribution in [1.82, 2.24) is 4.90 Å². The van der Waals surface area contributed by atoms with Gasteiger partial charge < -0.3 is 9.64 Å². The molecule has 29 heavy (non-hydrogen) atoms. The molecule has 2 aromatic rings. The summed E-state index contributed by atoms with van der Waals surface area (Å²) in [7, 11) is 1.70. The van der Waals surface area contributed by atoms with E-state index in [2.05, 4.69) is 28.5 Å². The second kappa shape index (κ2) is 6.60. The Bertz CT molecular complexity index is 895. The van der Waals surface area contributed by atoms with Gasteiger partial charge in [0.1, 0.15) is 5.75 Å². The Morgan fingerprint density at radius 3 is 2.31 bits per heavy atom. The highest BCUT2D eigenvalue weighted by Gasteiger charge is 2.56. The first-order chi connectivity index (χ1) is 14.1. The van der Waals surface area contributed by atoms with Gasteiger partial charge in [0.2, 0.25) is 5.91 Å². The first-order valence-electron chi connectivity index (χ1n) is 11.2. The van der Waals surface area contributed by atoms with E-state index in [1.807, 2.05) is 23.5 Å². The Hall–Kier alpha value is -1.81. The fourth-order valence-corrected chi connectivity index (χ4v) is 8.26. The predicted molar refractivity (Wildman–Crippen MR) is 115 cm³/mol. The molecule has 2 heterocycles. The smallest absolute Gasteiger partial charge is 0.229 e. The molecular weight excluding hydrogens is 378 g/mol. The van der Waals surface area contributed by atoms with Crippen molar-refractivity contribution in [3.63, 3.8) is 0 Å². The van der Waals surface area contributed by atoms with Gasteiger partial charge in [-0.05, 0) is 97.4 Å². The van der Waals surface area contributed by atoms with Crippen LogP contribution in [0.2, 0.25) is 0 Å². The van der Waals surface area contributed by atoms with Crippen LogP contribution in [0.15, 0.2) is 35.7 Å². The van der Waals surface area contributed by atoms with Crippen LogP contribution in [0.1, 0.15) is 60.6 Å². The molecule has 0 radical (unpaired) electrons. The summed E-state index contributed by atoms with van der Waals surface area (Å²) in [5.41, 5.74) is 2.47. The fourth-order valence-electron chi connectivity index (χ4n) is 7.36. The van der Waals surface area contributed by atoms with E-state index >= 15 is 0 Å². The third kappa shape index (κ3) is 2.78. The average Bonchev–Trinajstić information content (AvgIpc) is 3.20. The highest BCUT2D eigenvalue weighted by Crippen LogP contribution is 2.61. The summed E-state index contributed by atoms with van der Waals surface area (Å²) in [6.45, 7) is 0.852. The van der Waals surface area contributed by atoms with E-state index in [0.29, 0.717) is 5.91 Å². The number of carbonyl (C=O) groups excluding carboxylic acids is 1. The zero-order chi connectivity index (χ0) is 19.6. The van der Waals surface area contributed by atoms with Gasteiger partial charge in [0.25, 0.3) is 0 Å². The molecular formula is C25H29NO2S. The van der Waals surface area contributed by atoms with E-state index in [1.54, 1.807) is 7.11 Å². The van der Waals surface area contributed by atoms with Gasteiger partial charge in [-0.1, -0.05) is 12.1 Å². The van der Waals surface area contributed by atoms with Crippen molar-refractivity contribution in [2.45, 2.75) is 51.0 Å². The van der Waals surface area contributed by atoms with Gasteiger partial charge >= 0.3 is 0 Å². The summed E-state index contributed by atoms with van der Waals surface area (Å²) in [5, 5.41) is 2.19. The topological polar surface area (TPSA) is 29.5 Å². The first-order valence-corrected chi connectivity index (χ1v) is 12.0. The molecule has 4 fully saturated rings. The lowest BCUT2D eigenvalue weighted by molar-refractivity contribution is -0.159. The lowest BCUT2D eigenvalue weighted by Gasteiger charge is -2.57. The van der Waals surface area contributed by atoms with E-state index in [1.165, 1.54) is 35.3 Å². The van der Waals surface area contributed by atoms with E-state index in [0.717, 1.165) is 55.7 Å². The molecule has 1 aromatic carbocycles. The molecule has 5 aliphatic rings. The average molecular weight is 408 g/mol. The van der Waals surface area contributed by atoms with Gasteiger partial charge in [-0.2, -0.15) is 0 Å². The van der Waals surface area contributed by atoms with Gasteiger partial charge in [0, 0.05) is 11.4 Å².